The second-order valence-corrected chi connectivity index (χ2v) is 7.12. The maximum absolute atomic E-state index is 12.8. The van der Waals surface area contributed by atoms with E-state index in [0.29, 0.717) is 11.3 Å². The summed E-state index contributed by atoms with van der Waals surface area (Å²) in [7, 11) is 0. The van der Waals surface area contributed by atoms with Crippen molar-refractivity contribution in [2.24, 2.45) is 5.73 Å². The first-order chi connectivity index (χ1) is 14.4. The Kier molecular flexibility index (Phi) is 11.9. The third-order valence-electron chi connectivity index (χ3n) is 4.61. The molecule has 0 spiro atoms. The Balaban J connectivity index is 0.000000329. The second-order valence-electron chi connectivity index (χ2n) is 7.12. The Morgan fingerprint density at radius 1 is 1.17 bits per heavy atom. The Morgan fingerprint density at radius 2 is 1.83 bits per heavy atom. The van der Waals surface area contributed by atoms with Crippen molar-refractivity contribution < 1.29 is 14.0 Å². The molecule has 0 saturated carbocycles. The van der Waals surface area contributed by atoms with Gasteiger partial charge in [-0.3, -0.25) is 4.79 Å². The number of ketones is 1. The minimum Gasteiger partial charge on any atom is -0.399 e. The van der Waals surface area contributed by atoms with Gasteiger partial charge in [0.2, 0.25) is 0 Å². The number of carbonyl (C=O) groups excluding carboxylic acids is 2. The number of nitrogens with one attached hydrogen (secondary N) is 1. The van der Waals surface area contributed by atoms with E-state index in [4.69, 9.17) is 5.73 Å². The fraction of sp³-hybridized carbons (Fsp3) is 0.417. The Labute approximate surface area is 179 Å². The highest BCUT2D eigenvalue weighted by Crippen LogP contribution is 2.10. The lowest BCUT2D eigenvalue weighted by atomic mass is 10.1. The van der Waals surface area contributed by atoms with Crippen molar-refractivity contribution in [3.8, 4) is 0 Å². The number of rotatable bonds is 4. The normalized spacial score (nSPS) is 20.1. The quantitative estimate of drug-likeness (QED) is 0.508. The van der Waals surface area contributed by atoms with Crippen molar-refractivity contribution in [3.63, 3.8) is 0 Å². The van der Waals surface area contributed by atoms with Crippen molar-refractivity contribution in [3.05, 3.63) is 71.8 Å². The minimum absolute atomic E-state index is 0.0116. The molecular formula is C24H34FN3O2. The van der Waals surface area contributed by atoms with Gasteiger partial charge in [-0.05, 0) is 57.9 Å². The van der Waals surface area contributed by atoms with E-state index in [1.54, 1.807) is 26.0 Å². The predicted octanol–water partition coefficient (Wildman–Crippen LogP) is 4.86. The third-order valence-corrected chi connectivity index (χ3v) is 4.61. The van der Waals surface area contributed by atoms with Gasteiger partial charge in [0.1, 0.15) is 5.83 Å². The molecular weight excluding hydrogens is 381 g/mol. The highest BCUT2D eigenvalue weighted by atomic mass is 19.1. The number of halogens is 1. The molecule has 6 heteroatoms. The molecule has 0 bridgehead atoms. The zero-order valence-electron chi connectivity index (χ0n) is 18.2. The molecule has 30 heavy (non-hydrogen) atoms. The van der Waals surface area contributed by atoms with E-state index in [9.17, 15) is 14.0 Å². The Hall–Kier alpha value is -2.89. The zero-order chi connectivity index (χ0) is 22.4. The standard InChI is InChI=1S/C14H21N3O.C10H13FO/c15-12-7-3-4-8-13(11-12)16-14(18)17-9-5-1-2-6-10-17;1-4-6-10(11)7-9(5-2)8(3)12/h3-4,7-8,11,13H,1-2,5-6,9-10,15H2,(H,16,18);4-7H,1-3H3/b;6-4-,9-5+,10-7+. The van der Waals surface area contributed by atoms with Crippen molar-refractivity contribution in [2.45, 2.75) is 52.5 Å². The molecule has 1 atom stereocenters. The summed E-state index contributed by atoms with van der Waals surface area (Å²) in [6.45, 7) is 6.56. The Bertz CT molecular complexity index is 752. The van der Waals surface area contributed by atoms with Crippen LogP contribution in [0.4, 0.5) is 9.18 Å². The molecule has 1 fully saturated rings. The summed E-state index contributed by atoms with van der Waals surface area (Å²) in [5, 5.41) is 2.99. The van der Waals surface area contributed by atoms with Crippen molar-refractivity contribution in [1.29, 1.82) is 0 Å². The molecule has 2 aliphatic rings. The first-order valence-corrected chi connectivity index (χ1v) is 10.4. The lowest BCUT2D eigenvalue weighted by molar-refractivity contribution is -0.113. The highest BCUT2D eigenvalue weighted by molar-refractivity contribution is 5.96. The molecule has 1 heterocycles. The highest BCUT2D eigenvalue weighted by Gasteiger charge is 2.17. The summed E-state index contributed by atoms with van der Waals surface area (Å²) < 4.78 is 12.8. The molecule has 2 rings (SSSR count). The van der Waals surface area contributed by atoms with E-state index < -0.39 is 5.83 Å². The topological polar surface area (TPSA) is 75.4 Å². The van der Waals surface area contributed by atoms with Gasteiger partial charge in [-0.1, -0.05) is 43.2 Å². The van der Waals surface area contributed by atoms with E-state index in [-0.39, 0.29) is 17.9 Å². The summed E-state index contributed by atoms with van der Waals surface area (Å²) >= 11 is 0. The minimum atomic E-state index is -0.402. The molecule has 1 aliphatic carbocycles. The van der Waals surface area contributed by atoms with Crippen LogP contribution in [0.2, 0.25) is 0 Å². The number of Topliss-reactive ketones (excluding diaryl/α,β-unsaturated/α-hetero) is 1. The van der Waals surface area contributed by atoms with E-state index >= 15 is 0 Å². The molecule has 1 saturated heterocycles. The number of nitrogens with two attached hydrogens (primary N) is 1. The van der Waals surface area contributed by atoms with E-state index in [1.165, 1.54) is 31.9 Å². The van der Waals surface area contributed by atoms with E-state index in [1.807, 2.05) is 35.3 Å². The van der Waals surface area contributed by atoms with Gasteiger partial charge in [0.25, 0.3) is 0 Å². The van der Waals surface area contributed by atoms with Crippen LogP contribution in [0.15, 0.2) is 71.8 Å². The van der Waals surface area contributed by atoms with Gasteiger partial charge in [-0.25, -0.2) is 9.18 Å². The summed E-state index contributed by atoms with van der Waals surface area (Å²) in [5.74, 6) is -0.530. The number of urea groups is 1. The van der Waals surface area contributed by atoms with Gasteiger partial charge < -0.3 is 16.0 Å². The second kappa shape index (κ2) is 14.1. The molecule has 0 aromatic rings. The van der Waals surface area contributed by atoms with Crippen LogP contribution >= 0.6 is 0 Å². The van der Waals surface area contributed by atoms with Gasteiger partial charge in [-0.15, -0.1) is 0 Å². The fourth-order valence-corrected chi connectivity index (χ4v) is 3.01. The van der Waals surface area contributed by atoms with Crippen molar-refractivity contribution in [2.75, 3.05) is 13.1 Å². The number of hydrogen-bond donors (Lipinski definition) is 2. The number of nitrogens with zero attached hydrogens (tertiary/aromatic N) is 1. The van der Waals surface area contributed by atoms with Gasteiger partial charge >= 0.3 is 6.03 Å². The van der Waals surface area contributed by atoms with Crippen LogP contribution in [0.3, 0.4) is 0 Å². The van der Waals surface area contributed by atoms with Crippen LogP contribution in [0, 0.1) is 0 Å². The van der Waals surface area contributed by atoms with Gasteiger partial charge in [0.15, 0.2) is 5.78 Å². The van der Waals surface area contributed by atoms with Crippen molar-refractivity contribution >= 4 is 11.8 Å². The summed E-state index contributed by atoms with van der Waals surface area (Å²) in [4.78, 5) is 24.8. The largest absolute Gasteiger partial charge is 0.399 e. The smallest absolute Gasteiger partial charge is 0.318 e. The van der Waals surface area contributed by atoms with E-state index in [0.717, 1.165) is 25.9 Å². The lowest BCUT2D eigenvalue weighted by Gasteiger charge is -2.22. The average Bonchev–Trinajstić information content (AvgIpc) is 3.09. The molecule has 5 nitrogen and oxygen atoms in total. The molecule has 3 N–H and O–H groups in total. The van der Waals surface area contributed by atoms with Crippen LogP contribution in [-0.4, -0.2) is 35.8 Å². The summed E-state index contributed by atoms with van der Waals surface area (Å²) in [6, 6.07) is -0.103. The van der Waals surface area contributed by atoms with Gasteiger partial charge in [0.05, 0.1) is 6.04 Å². The monoisotopic (exact) mass is 415 g/mol. The summed E-state index contributed by atoms with van der Waals surface area (Å²) in [6.07, 6.45) is 19.8. The molecule has 1 unspecified atom stereocenters. The number of allylic oxidation sites excluding steroid dienone is 9. The lowest BCUT2D eigenvalue weighted by Crippen LogP contribution is -2.44. The fourth-order valence-electron chi connectivity index (χ4n) is 3.01. The van der Waals surface area contributed by atoms with Gasteiger partial charge in [0, 0.05) is 24.4 Å². The number of likely N-dealkylation sites (tertiary alicyclic amines) is 1. The molecule has 1 aliphatic heterocycles. The maximum atomic E-state index is 12.8. The number of carbonyl (C=O) groups is 2. The zero-order valence-corrected chi connectivity index (χ0v) is 18.2. The first kappa shape index (κ1) is 25.1. The van der Waals surface area contributed by atoms with Crippen molar-refractivity contribution in [1.82, 2.24) is 10.2 Å². The predicted molar refractivity (Wildman–Crippen MR) is 121 cm³/mol. The number of amides is 2. The molecule has 0 aromatic heterocycles. The van der Waals surface area contributed by atoms with Crippen LogP contribution in [-0.2, 0) is 4.79 Å². The van der Waals surface area contributed by atoms with Crippen LogP contribution < -0.4 is 11.1 Å². The maximum Gasteiger partial charge on any atom is 0.318 e. The molecule has 2 amide bonds. The Morgan fingerprint density at radius 3 is 2.40 bits per heavy atom. The SMILES string of the molecule is C\C=C/C(F)=C\C(=C/C)C(C)=O.NC1=CC(NC(=O)N2CCCCCC2)C=CC=C1. The van der Waals surface area contributed by atoms with Crippen LogP contribution in [0.25, 0.3) is 0 Å². The third kappa shape index (κ3) is 10.0. The average molecular weight is 416 g/mol. The first-order valence-electron chi connectivity index (χ1n) is 10.4. The molecule has 0 radical (unpaired) electrons. The van der Waals surface area contributed by atoms with E-state index in [2.05, 4.69) is 5.32 Å². The van der Waals surface area contributed by atoms with Crippen LogP contribution in [0.1, 0.15) is 46.5 Å². The molecule has 0 aromatic carbocycles. The van der Waals surface area contributed by atoms with Gasteiger partial charge in [-0.2, -0.15) is 0 Å². The van der Waals surface area contributed by atoms with Crippen LogP contribution in [0.5, 0.6) is 0 Å². The number of hydrogen-bond acceptors (Lipinski definition) is 3. The summed E-state index contributed by atoms with van der Waals surface area (Å²) in [5.41, 5.74) is 6.85. The molecule has 164 valence electrons.